The van der Waals surface area contributed by atoms with Crippen LogP contribution in [0.1, 0.15) is 24.8 Å². The van der Waals surface area contributed by atoms with Gasteiger partial charge in [0.1, 0.15) is 0 Å². The molecule has 5 heteroatoms. The van der Waals surface area contributed by atoms with Gasteiger partial charge < -0.3 is 5.73 Å². The van der Waals surface area contributed by atoms with Gasteiger partial charge in [0.15, 0.2) is 0 Å². The van der Waals surface area contributed by atoms with Crippen LogP contribution in [0.15, 0.2) is 53.4 Å². The van der Waals surface area contributed by atoms with Gasteiger partial charge in [-0.15, -0.1) is 0 Å². The molecule has 110 valence electrons. The number of rotatable bonds is 2. The predicted octanol–water partition coefficient (Wildman–Crippen LogP) is 2.97. The van der Waals surface area contributed by atoms with Crippen LogP contribution in [0.4, 0.5) is 11.4 Å². The van der Waals surface area contributed by atoms with Crippen molar-refractivity contribution in [1.29, 1.82) is 0 Å². The Morgan fingerprint density at radius 2 is 1.90 bits per heavy atom. The molecule has 1 aliphatic rings. The molecule has 0 amide bonds. The molecule has 1 heterocycles. The third-order valence-electron chi connectivity index (χ3n) is 3.95. The van der Waals surface area contributed by atoms with Crippen molar-refractivity contribution < 1.29 is 8.42 Å². The third-order valence-corrected chi connectivity index (χ3v) is 5.76. The summed E-state index contributed by atoms with van der Waals surface area (Å²) in [7, 11) is -3.57. The van der Waals surface area contributed by atoms with Crippen molar-refractivity contribution in [2.45, 2.75) is 24.2 Å². The Bertz CT molecular complexity index is 771. The van der Waals surface area contributed by atoms with Crippen molar-refractivity contribution in [3.05, 3.63) is 54.1 Å². The van der Waals surface area contributed by atoms with Crippen LogP contribution in [0.5, 0.6) is 0 Å². The van der Waals surface area contributed by atoms with E-state index in [0.717, 1.165) is 17.7 Å². The monoisotopic (exact) mass is 302 g/mol. The van der Waals surface area contributed by atoms with Crippen LogP contribution in [-0.2, 0) is 10.0 Å². The van der Waals surface area contributed by atoms with Crippen molar-refractivity contribution in [3.8, 4) is 0 Å². The van der Waals surface area contributed by atoms with E-state index >= 15 is 0 Å². The molecule has 0 aliphatic carbocycles. The summed E-state index contributed by atoms with van der Waals surface area (Å²) in [5.41, 5.74) is 8.03. The first-order valence-corrected chi connectivity index (χ1v) is 8.41. The molecule has 0 spiro atoms. The second-order valence-electron chi connectivity index (χ2n) is 5.40. The van der Waals surface area contributed by atoms with Gasteiger partial charge >= 0.3 is 0 Å². The van der Waals surface area contributed by atoms with Crippen LogP contribution in [-0.4, -0.2) is 15.0 Å². The lowest BCUT2D eigenvalue weighted by Crippen LogP contribution is -2.36. The molecule has 0 saturated heterocycles. The van der Waals surface area contributed by atoms with Gasteiger partial charge in [-0.3, -0.25) is 4.31 Å². The first kappa shape index (κ1) is 13.9. The number of para-hydroxylation sites is 1. The van der Waals surface area contributed by atoms with Gasteiger partial charge in [0.05, 0.1) is 10.6 Å². The number of sulfonamides is 1. The average molecular weight is 302 g/mol. The lowest BCUT2D eigenvalue weighted by atomic mass is 9.93. The summed E-state index contributed by atoms with van der Waals surface area (Å²) >= 11 is 0. The second-order valence-corrected chi connectivity index (χ2v) is 7.26. The predicted molar refractivity (Wildman–Crippen MR) is 84.9 cm³/mol. The van der Waals surface area contributed by atoms with E-state index in [1.54, 1.807) is 18.2 Å². The Balaban J connectivity index is 2.11. The quantitative estimate of drug-likeness (QED) is 0.867. The summed E-state index contributed by atoms with van der Waals surface area (Å²) in [6.07, 6.45) is 0.818. The zero-order valence-corrected chi connectivity index (χ0v) is 12.7. The number of nitrogen functional groups attached to an aromatic ring is 1. The molecule has 0 aromatic heterocycles. The number of nitrogens with two attached hydrogens (primary N) is 1. The normalized spacial score (nSPS) is 18.3. The highest BCUT2D eigenvalue weighted by molar-refractivity contribution is 7.92. The molecule has 0 fully saturated rings. The molecule has 1 aliphatic heterocycles. The topological polar surface area (TPSA) is 63.4 Å². The largest absolute Gasteiger partial charge is 0.399 e. The van der Waals surface area contributed by atoms with E-state index in [2.05, 4.69) is 6.92 Å². The molecule has 4 nitrogen and oxygen atoms in total. The van der Waals surface area contributed by atoms with Crippen LogP contribution < -0.4 is 10.0 Å². The lowest BCUT2D eigenvalue weighted by Gasteiger charge is -2.33. The van der Waals surface area contributed by atoms with Gasteiger partial charge in [-0.2, -0.15) is 0 Å². The molecule has 0 bridgehead atoms. The maximum atomic E-state index is 12.9. The maximum Gasteiger partial charge on any atom is 0.264 e. The molecule has 1 atom stereocenters. The number of fused-ring (bicyclic) bond motifs is 1. The smallest absolute Gasteiger partial charge is 0.264 e. The first-order valence-electron chi connectivity index (χ1n) is 6.97. The van der Waals surface area contributed by atoms with Crippen LogP contribution in [0.3, 0.4) is 0 Å². The Kier molecular flexibility index (Phi) is 3.37. The average Bonchev–Trinajstić information content (AvgIpc) is 2.47. The van der Waals surface area contributed by atoms with Crippen LogP contribution in [0.2, 0.25) is 0 Å². The molecular weight excluding hydrogens is 284 g/mol. The van der Waals surface area contributed by atoms with E-state index in [1.165, 1.54) is 10.4 Å². The van der Waals surface area contributed by atoms with Crippen LogP contribution in [0.25, 0.3) is 0 Å². The van der Waals surface area contributed by atoms with Gasteiger partial charge in [-0.1, -0.05) is 31.2 Å². The number of hydrogen-bond donors (Lipinski definition) is 1. The van der Waals surface area contributed by atoms with Crippen molar-refractivity contribution >= 4 is 21.4 Å². The minimum atomic E-state index is -3.57. The fourth-order valence-corrected chi connectivity index (χ4v) is 4.33. The van der Waals surface area contributed by atoms with E-state index in [9.17, 15) is 8.42 Å². The summed E-state index contributed by atoms with van der Waals surface area (Å²) < 4.78 is 27.3. The molecule has 2 aromatic carbocycles. The van der Waals surface area contributed by atoms with Gasteiger partial charge in [0.25, 0.3) is 10.0 Å². The zero-order valence-electron chi connectivity index (χ0n) is 11.9. The van der Waals surface area contributed by atoms with E-state index in [-0.39, 0.29) is 4.90 Å². The highest BCUT2D eigenvalue weighted by atomic mass is 32.2. The Labute approximate surface area is 125 Å². The van der Waals surface area contributed by atoms with Crippen LogP contribution >= 0.6 is 0 Å². The molecule has 2 N–H and O–H groups in total. The Hall–Kier alpha value is -2.01. The van der Waals surface area contributed by atoms with E-state index in [0.29, 0.717) is 18.2 Å². The van der Waals surface area contributed by atoms with Crippen molar-refractivity contribution in [3.63, 3.8) is 0 Å². The summed E-state index contributed by atoms with van der Waals surface area (Å²) in [5, 5.41) is 0. The summed E-state index contributed by atoms with van der Waals surface area (Å²) in [5.74, 6) is 0.369. The van der Waals surface area contributed by atoms with Gasteiger partial charge in [0, 0.05) is 12.2 Å². The summed E-state index contributed by atoms with van der Waals surface area (Å²) in [4.78, 5) is 0.242. The van der Waals surface area contributed by atoms with Crippen molar-refractivity contribution in [2.24, 2.45) is 0 Å². The van der Waals surface area contributed by atoms with Gasteiger partial charge in [-0.25, -0.2) is 8.42 Å². The van der Waals surface area contributed by atoms with Crippen molar-refractivity contribution in [1.82, 2.24) is 0 Å². The molecule has 3 rings (SSSR count). The first-order chi connectivity index (χ1) is 10.00. The summed E-state index contributed by atoms with van der Waals surface area (Å²) in [6.45, 7) is 2.62. The van der Waals surface area contributed by atoms with Crippen molar-refractivity contribution in [2.75, 3.05) is 16.6 Å². The molecule has 0 saturated carbocycles. The fraction of sp³-hybridized carbons (Fsp3) is 0.250. The number of hydrogen-bond acceptors (Lipinski definition) is 3. The van der Waals surface area contributed by atoms with Gasteiger partial charge in [0.2, 0.25) is 0 Å². The van der Waals surface area contributed by atoms with E-state index < -0.39 is 10.0 Å². The third kappa shape index (κ3) is 2.38. The molecular formula is C16H18N2O2S. The maximum absolute atomic E-state index is 12.9. The molecule has 0 radical (unpaired) electrons. The minimum Gasteiger partial charge on any atom is -0.399 e. The zero-order chi connectivity index (χ0) is 15.0. The highest BCUT2D eigenvalue weighted by Crippen LogP contribution is 2.37. The highest BCUT2D eigenvalue weighted by Gasteiger charge is 2.31. The standard InChI is InChI=1S/C16H18N2O2S/c1-12-9-10-18(16-8-3-2-7-15(12)16)21(19,20)14-6-4-5-13(17)11-14/h2-8,11-12H,9-10,17H2,1H3. The van der Waals surface area contributed by atoms with Gasteiger partial charge in [-0.05, 0) is 42.2 Å². The molecule has 1 unspecified atom stereocenters. The van der Waals surface area contributed by atoms with E-state index in [4.69, 9.17) is 5.73 Å². The SMILES string of the molecule is CC1CCN(S(=O)(=O)c2cccc(N)c2)c2ccccc21. The number of nitrogens with zero attached hydrogens (tertiary/aromatic N) is 1. The fourth-order valence-electron chi connectivity index (χ4n) is 2.77. The lowest BCUT2D eigenvalue weighted by molar-refractivity contribution is 0.578. The Morgan fingerprint density at radius 1 is 1.14 bits per heavy atom. The molecule has 2 aromatic rings. The number of benzene rings is 2. The minimum absolute atomic E-state index is 0.242. The number of anilines is 2. The molecule has 21 heavy (non-hydrogen) atoms. The van der Waals surface area contributed by atoms with Crippen LogP contribution in [0, 0.1) is 0 Å². The second kappa shape index (κ2) is 5.07. The Morgan fingerprint density at radius 3 is 2.67 bits per heavy atom. The van der Waals surface area contributed by atoms with E-state index in [1.807, 2.05) is 24.3 Å². The summed E-state index contributed by atoms with van der Waals surface area (Å²) in [6, 6.07) is 14.1.